The molecule has 1 amide bonds. The largest absolute Gasteiger partial charge is 0.480 e. The van der Waals surface area contributed by atoms with Gasteiger partial charge in [0.15, 0.2) is 0 Å². The van der Waals surface area contributed by atoms with Gasteiger partial charge in [0.05, 0.1) is 18.1 Å². The van der Waals surface area contributed by atoms with Crippen LogP contribution < -0.4 is 5.32 Å². The van der Waals surface area contributed by atoms with Gasteiger partial charge < -0.3 is 15.2 Å². The summed E-state index contributed by atoms with van der Waals surface area (Å²) >= 11 is 0. The van der Waals surface area contributed by atoms with Crippen LogP contribution in [0.3, 0.4) is 0 Å². The Bertz CT molecular complexity index is 376. The highest BCUT2D eigenvalue weighted by Gasteiger charge is 2.47. The minimum atomic E-state index is -1.05. The molecular formula is C14H23NO4. The third-order valence-corrected chi connectivity index (χ3v) is 4.77. The van der Waals surface area contributed by atoms with Crippen molar-refractivity contribution in [2.24, 2.45) is 11.8 Å². The highest BCUT2D eigenvalue weighted by molar-refractivity contribution is 5.88. The Labute approximate surface area is 113 Å². The SMILES string of the molecule is CC1OC(C)C(C(=O)NC2(C(=O)O)CCCC2)C1C. The molecule has 2 rings (SSSR count). The third-order valence-electron chi connectivity index (χ3n) is 4.77. The number of carboxylic acid groups (broad SMARTS) is 1. The van der Waals surface area contributed by atoms with Crippen LogP contribution in [0.4, 0.5) is 0 Å². The quantitative estimate of drug-likeness (QED) is 0.815. The molecule has 1 saturated heterocycles. The van der Waals surface area contributed by atoms with E-state index in [0.717, 1.165) is 12.8 Å². The van der Waals surface area contributed by atoms with E-state index in [2.05, 4.69) is 5.32 Å². The van der Waals surface area contributed by atoms with E-state index in [9.17, 15) is 14.7 Å². The van der Waals surface area contributed by atoms with E-state index < -0.39 is 11.5 Å². The predicted molar refractivity (Wildman–Crippen MR) is 69.6 cm³/mol. The molecule has 108 valence electrons. The van der Waals surface area contributed by atoms with Gasteiger partial charge in [0.25, 0.3) is 0 Å². The zero-order chi connectivity index (χ0) is 14.2. The molecule has 0 aromatic heterocycles. The van der Waals surface area contributed by atoms with Crippen LogP contribution in [0.1, 0.15) is 46.5 Å². The number of ether oxygens (including phenoxy) is 1. The maximum Gasteiger partial charge on any atom is 0.329 e. The molecule has 2 aliphatic rings. The fourth-order valence-electron chi connectivity index (χ4n) is 3.41. The van der Waals surface area contributed by atoms with Crippen molar-refractivity contribution in [3.63, 3.8) is 0 Å². The van der Waals surface area contributed by atoms with Gasteiger partial charge in [-0.3, -0.25) is 4.79 Å². The van der Waals surface area contributed by atoms with E-state index >= 15 is 0 Å². The number of hydrogen-bond acceptors (Lipinski definition) is 3. The van der Waals surface area contributed by atoms with E-state index in [1.165, 1.54) is 0 Å². The molecule has 5 nitrogen and oxygen atoms in total. The molecule has 1 saturated carbocycles. The van der Waals surface area contributed by atoms with E-state index in [1.54, 1.807) is 0 Å². The number of nitrogens with one attached hydrogen (secondary N) is 1. The van der Waals surface area contributed by atoms with Gasteiger partial charge in [-0.05, 0) is 32.6 Å². The van der Waals surface area contributed by atoms with Crippen LogP contribution in [-0.2, 0) is 14.3 Å². The number of carboxylic acids is 1. The van der Waals surface area contributed by atoms with Crippen LogP contribution in [0.2, 0.25) is 0 Å². The lowest BCUT2D eigenvalue weighted by molar-refractivity contribution is -0.148. The number of aliphatic carboxylic acids is 1. The Hall–Kier alpha value is -1.10. The van der Waals surface area contributed by atoms with Gasteiger partial charge in [-0.2, -0.15) is 0 Å². The lowest BCUT2D eigenvalue weighted by atomic mass is 9.87. The minimum Gasteiger partial charge on any atom is -0.480 e. The Kier molecular flexibility index (Phi) is 3.85. The summed E-state index contributed by atoms with van der Waals surface area (Å²) in [7, 11) is 0. The molecule has 0 spiro atoms. The van der Waals surface area contributed by atoms with Gasteiger partial charge in [0.2, 0.25) is 5.91 Å². The van der Waals surface area contributed by atoms with Crippen molar-refractivity contribution < 1.29 is 19.4 Å². The van der Waals surface area contributed by atoms with Crippen molar-refractivity contribution in [2.75, 3.05) is 0 Å². The van der Waals surface area contributed by atoms with E-state index in [0.29, 0.717) is 12.8 Å². The first-order valence-electron chi connectivity index (χ1n) is 7.08. The second kappa shape index (κ2) is 5.12. The fraction of sp³-hybridized carbons (Fsp3) is 0.857. The molecule has 5 heteroatoms. The summed E-state index contributed by atoms with van der Waals surface area (Å²) in [5.74, 6) is -1.23. The first-order chi connectivity index (χ1) is 8.87. The second-order valence-corrected chi connectivity index (χ2v) is 6.01. The molecule has 0 radical (unpaired) electrons. The fourth-order valence-corrected chi connectivity index (χ4v) is 3.41. The zero-order valence-corrected chi connectivity index (χ0v) is 11.8. The maximum atomic E-state index is 12.4. The number of carbonyl (C=O) groups excluding carboxylic acids is 1. The number of rotatable bonds is 3. The first kappa shape index (κ1) is 14.3. The molecule has 1 heterocycles. The molecule has 0 bridgehead atoms. The van der Waals surface area contributed by atoms with Gasteiger partial charge in [-0.15, -0.1) is 0 Å². The van der Waals surface area contributed by atoms with Crippen molar-refractivity contribution in [1.29, 1.82) is 0 Å². The lowest BCUT2D eigenvalue weighted by Crippen LogP contribution is -2.55. The van der Waals surface area contributed by atoms with Crippen LogP contribution in [0.5, 0.6) is 0 Å². The van der Waals surface area contributed by atoms with Gasteiger partial charge in [0, 0.05) is 0 Å². The van der Waals surface area contributed by atoms with Gasteiger partial charge in [-0.1, -0.05) is 19.8 Å². The Morgan fingerprint density at radius 2 is 1.74 bits per heavy atom. The van der Waals surface area contributed by atoms with Crippen LogP contribution in [-0.4, -0.2) is 34.7 Å². The number of amides is 1. The van der Waals surface area contributed by atoms with Crippen LogP contribution in [0.25, 0.3) is 0 Å². The summed E-state index contributed by atoms with van der Waals surface area (Å²) in [6.45, 7) is 5.82. The molecular weight excluding hydrogens is 246 g/mol. The molecule has 0 aromatic carbocycles. The van der Waals surface area contributed by atoms with Crippen LogP contribution in [0.15, 0.2) is 0 Å². The summed E-state index contributed by atoms with van der Waals surface area (Å²) in [5, 5.41) is 12.2. The predicted octanol–water partition coefficient (Wildman–Crippen LogP) is 1.56. The summed E-state index contributed by atoms with van der Waals surface area (Å²) in [6.07, 6.45) is 2.65. The normalized spacial score (nSPS) is 37.2. The number of hydrogen-bond donors (Lipinski definition) is 2. The molecule has 1 aliphatic heterocycles. The summed E-state index contributed by atoms with van der Waals surface area (Å²) in [4.78, 5) is 23.9. The molecule has 0 aromatic rings. The molecule has 4 atom stereocenters. The standard InChI is InChI=1S/C14H23NO4/c1-8-9(2)19-10(3)11(8)12(16)15-14(13(17)18)6-4-5-7-14/h8-11H,4-7H2,1-3H3,(H,15,16)(H,17,18). The topological polar surface area (TPSA) is 75.6 Å². The zero-order valence-electron chi connectivity index (χ0n) is 11.8. The second-order valence-electron chi connectivity index (χ2n) is 6.01. The van der Waals surface area contributed by atoms with Gasteiger partial charge in [-0.25, -0.2) is 4.79 Å². The first-order valence-corrected chi connectivity index (χ1v) is 7.08. The average Bonchev–Trinajstić information content (AvgIpc) is 2.86. The van der Waals surface area contributed by atoms with Crippen molar-refractivity contribution in [3.8, 4) is 0 Å². The summed E-state index contributed by atoms with van der Waals surface area (Å²) in [6, 6.07) is 0. The Morgan fingerprint density at radius 3 is 2.16 bits per heavy atom. The van der Waals surface area contributed by atoms with Crippen LogP contribution in [0, 0.1) is 11.8 Å². The molecule has 4 unspecified atom stereocenters. The Morgan fingerprint density at radius 1 is 1.16 bits per heavy atom. The van der Waals surface area contributed by atoms with Gasteiger partial charge >= 0.3 is 5.97 Å². The monoisotopic (exact) mass is 269 g/mol. The van der Waals surface area contributed by atoms with E-state index in [4.69, 9.17) is 4.74 Å². The third kappa shape index (κ3) is 2.48. The Balaban J connectivity index is 2.10. The molecule has 1 aliphatic carbocycles. The van der Waals surface area contributed by atoms with Crippen LogP contribution >= 0.6 is 0 Å². The van der Waals surface area contributed by atoms with Crippen molar-refractivity contribution in [2.45, 2.75) is 64.2 Å². The average molecular weight is 269 g/mol. The summed E-state index contributed by atoms with van der Waals surface area (Å²) < 4.78 is 5.66. The smallest absolute Gasteiger partial charge is 0.329 e. The highest BCUT2D eigenvalue weighted by Crippen LogP contribution is 2.35. The van der Waals surface area contributed by atoms with Crippen molar-refractivity contribution in [1.82, 2.24) is 5.32 Å². The minimum absolute atomic E-state index is 0.0371. The van der Waals surface area contributed by atoms with Crippen molar-refractivity contribution >= 4 is 11.9 Å². The summed E-state index contributed by atoms with van der Waals surface area (Å²) in [5.41, 5.74) is -1.05. The van der Waals surface area contributed by atoms with Gasteiger partial charge in [0.1, 0.15) is 5.54 Å². The highest BCUT2D eigenvalue weighted by atomic mass is 16.5. The molecule has 2 fully saturated rings. The number of carbonyl (C=O) groups is 2. The van der Waals surface area contributed by atoms with E-state index in [-0.39, 0.29) is 30.0 Å². The lowest BCUT2D eigenvalue weighted by Gasteiger charge is -2.28. The molecule has 2 N–H and O–H groups in total. The van der Waals surface area contributed by atoms with Crippen molar-refractivity contribution in [3.05, 3.63) is 0 Å². The maximum absolute atomic E-state index is 12.4. The van der Waals surface area contributed by atoms with E-state index in [1.807, 2.05) is 20.8 Å². The molecule has 19 heavy (non-hydrogen) atoms.